The Bertz CT molecular complexity index is 945. The summed E-state index contributed by atoms with van der Waals surface area (Å²) >= 11 is 5.96. The van der Waals surface area contributed by atoms with Gasteiger partial charge in [-0.2, -0.15) is 4.31 Å². The second kappa shape index (κ2) is 10.1. The van der Waals surface area contributed by atoms with Crippen LogP contribution >= 0.6 is 11.6 Å². The zero-order valence-corrected chi connectivity index (χ0v) is 17.4. The van der Waals surface area contributed by atoms with Crippen LogP contribution in [0.15, 0.2) is 48.5 Å². The molecule has 0 aromatic heterocycles. The minimum absolute atomic E-state index is 0.0339. The molecular formula is C20H23ClN2O5S. The SMILES string of the molecule is O=C(NCCS(=O)(=O)N1CCOCC1)c1cccc(OCc2cccc(Cl)c2)c1. The first-order valence-corrected chi connectivity index (χ1v) is 11.2. The van der Waals surface area contributed by atoms with Crippen molar-refractivity contribution in [3.8, 4) is 5.75 Å². The van der Waals surface area contributed by atoms with Gasteiger partial charge in [-0.25, -0.2) is 8.42 Å². The van der Waals surface area contributed by atoms with Gasteiger partial charge < -0.3 is 14.8 Å². The van der Waals surface area contributed by atoms with Crippen LogP contribution in [0.25, 0.3) is 0 Å². The van der Waals surface area contributed by atoms with Gasteiger partial charge in [0.15, 0.2) is 0 Å². The van der Waals surface area contributed by atoms with Gasteiger partial charge in [0.05, 0.1) is 19.0 Å². The van der Waals surface area contributed by atoms with Crippen LogP contribution in [0.4, 0.5) is 0 Å². The van der Waals surface area contributed by atoms with Gasteiger partial charge >= 0.3 is 0 Å². The minimum atomic E-state index is -3.41. The van der Waals surface area contributed by atoms with E-state index in [1.807, 2.05) is 18.2 Å². The number of carbonyl (C=O) groups excluding carboxylic acids is 1. The molecule has 1 fully saturated rings. The summed E-state index contributed by atoms with van der Waals surface area (Å²) in [4.78, 5) is 12.4. The summed E-state index contributed by atoms with van der Waals surface area (Å²) in [5, 5.41) is 3.28. The fourth-order valence-corrected chi connectivity index (χ4v) is 4.41. The molecule has 1 N–H and O–H groups in total. The summed E-state index contributed by atoms with van der Waals surface area (Å²) in [5.41, 5.74) is 1.32. The van der Waals surface area contributed by atoms with E-state index in [1.165, 1.54) is 4.31 Å². The van der Waals surface area contributed by atoms with Crippen molar-refractivity contribution >= 4 is 27.5 Å². The Morgan fingerprint density at radius 3 is 2.66 bits per heavy atom. The van der Waals surface area contributed by atoms with Crippen LogP contribution in [0, 0.1) is 0 Å². The lowest BCUT2D eigenvalue weighted by molar-refractivity contribution is 0.0730. The Kier molecular flexibility index (Phi) is 7.49. The van der Waals surface area contributed by atoms with Crippen molar-refractivity contribution in [3.63, 3.8) is 0 Å². The summed E-state index contributed by atoms with van der Waals surface area (Å²) in [6.45, 7) is 1.85. The van der Waals surface area contributed by atoms with E-state index in [0.29, 0.717) is 49.2 Å². The van der Waals surface area contributed by atoms with Crippen LogP contribution in [-0.4, -0.2) is 57.2 Å². The molecule has 2 aromatic rings. The molecular weight excluding hydrogens is 416 g/mol. The van der Waals surface area contributed by atoms with E-state index in [1.54, 1.807) is 30.3 Å². The lowest BCUT2D eigenvalue weighted by Gasteiger charge is -2.26. The Morgan fingerprint density at radius 2 is 1.90 bits per heavy atom. The molecule has 0 saturated carbocycles. The number of rotatable bonds is 8. The first-order valence-electron chi connectivity index (χ1n) is 9.25. The molecule has 0 bridgehead atoms. The van der Waals surface area contributed by atoms with Gasteiger partial charge in [-0.15, -0.1) is 0 Å². The monoisotopic (exact) mass is 438 g/mol. The lowest BCUT2D eigenvalue weighted by Crippen LogP contribution is -2.43. The number of morpholine rings is 1. The Balaban J connectivity index is 1.51. The quantitative estimate of drug-likeness (QED) is 0.683. The number of nitrogens with one attached hydrogen (secondary N) is 1. The molecule has 0 radical (unpaired) electrons. The molecule has 3 rings (SSSR count). The zero-order chi connectivity index (χ0) is 20.7. The minimum Gasteiger partial charge on any atom is -0.489 e. The van der Waals surface area contributed by atoms with Crippen LogP contribution in [0.5, 0.6) is 5.75 Å². The van der Waals surface area contributed by atoms with E-state index in [9.17, 15) is 13.2 Å². The van der Waals surface area contributed by atoms with Crippen LogP contribution in [0.2, 0.25) is 5.02 Å². The van der Waals surface area contributed by atoms with Gasteiger partial charge in [0, 0.05) is 30.2 Å². The van der Waals surface area contributed by atoms with Gasteiger partial charge in [-0.05, 0) is 35.9 Å². The highest BCUT2D eigenvalue weighted by Gasteiger charge is 2.24. The molecule has 29 heavy (non-hydrogen) atoms. The third-order valence-corrected chi connectivity index (χ3v) is 6.51. The largest absolute Gasteiger partial charge is 0.489 e. The van der Waals surface area contributed by atoms with Crippen molar-refractivity contribution in [1.29, 1.82) is 0 Å². The highest BCUT2D eigenvalue weighted by Crippen LogP contribution is 2.17. The Labute approximate surface area is 175 Å². The van der Waals surface area contributed by atoms with Crippen molar-refractivity contribution in [2.75, 3.05) is 38.6 Å². The highest BCUT2D eigenvalue weighted by molar-refractivity contribution is 7.89. The number of amides is 1. The summed E-state index contributed by atoms with van der Waals surface area (Å²) in [5.74, 6) is 0.0397. The molecule has 2 aromatic carbocycles. The van der Waals surface area contributed by atoms with E-state index < -0.39 is 10.0 Å². The van der Waals surface area contributed by atoms with E-state index in [2.05, 4.69) is 5.32 Å². The molecule has 7 nitrogen and oxygen atoms in total. The molecule has 1 aliphatic rings. The van der Waals surface area contributed by atoms with E-state index in [0.717, 1.165) is 5.56 Å². The summed E-state index contributed by atoms with van der Waals surface area (Å²) in [6, 6.07) is 14.1. The predicted molar refractivity (Wildman–Crippen MR) is 111 cm³/mol. The first-order chi connectivity index (χ1) is 13.9. The van der Waals surface area contributed by atoms with Gasteiger partial charge in [0.2, 0.25) is 10.0 Å². The maximum absolute atomic E-state index is 12.4. The number of hydrogen-bond acceptors (Lipinski definition) is 5. The number of benzene rings is 2. The fraction of sp³-hybridized carbons (Fsp3) is 0.350. The molecule has 0 atom stereocenters. The molecule has 0 unspecified atom stereocenters. The van der Waals surface area contributed by atoms with Crippen LogP contribution in [0.3, 0.4) is 0 Å². The molecule has 1 amide bonds. The van der Waals surface area contributed by atoms with Crippen molar-refractivity contribution < 1.29 is 22.7 Å². The third-order valence-electron chi connectivity index (χ3n) is 4.40. The van der Waals surface area contributed by atoms with Crippen LogP contribution in [0.1, 0.15) is 15.9 Å². The summed E-state index contributed by atoms with van der Waals surface area (Å²) in [6.07, 6.45) is 0. The van der Waals surface area contributed by atoms with Crippen molar-refractivity contribution in [2.24, 2.45) is 0 Å². The Morgan fingerprint density at radius 1 is 1.14 bits per heavy atom. The van der Waals surface area contributed by atoms with Crippen molar-refractivity contribution in [2.45, 2.75) is 6.61 Å². The zero-order valence-electron chi connectivity index (χ0n) is 15.8. The van der Waals surface area contributed by atoms with Crippen molar-refractivity contribution in [3.05, 3.63) is 64.7 Å². The number of nitrogens with zero attached hydrogens (tertiary/aromatic N) is 1. The lowest BCUT2D eigenvalue weighted by atomic mass is 10.2. The topological polar surface area (TPSA) is 84.9 Å². The number of halogens is 1. The van der Waals surface area contributed by atoms with Gasteiger partial charge in [-0.1, -0.05) is 29.8 Å². The number of carbonyl (C=O) groups is 1. The normalized spacial score (nSPS) is 15.1. The van der Waals surface area contributed by atoms with Crippen LogP contribution < -0.4 is 10.1 Å². The van der Waals surface area contributed by atoms with Gasteiger partial charge in [0.25, 0.3) is 5.91 Å². The highest BCUT2D eigenvalue weighted by atomic mass is 35.5. The number of sulfonamides is 1. The first kappa shape index (κ1) is 21.6. The Hall–Kier alpha value is -2.13. The van der Waals surface area contributed by atoms with Gasteiger partial charge in [-0.3, -0.25) is 4.79 Å². The predicted octanol–water partition coefficient (Wildman–Crippen LogP) is 2.31. The van der Waals surface area contributed by atoms with E-state index in [4.69, 9.17) is 21.1 Å². The molecule has 1 heterocycles. The average Bonchev–Trinajstić information content (AvgIpc) is 2.73. The second-order valence-corrected chi connectivity index (χ2v) is 9.05. The van der Waals surface area contributed by atoms with Gasteiger partial charge in [0.1, 0.15) is 12.4 Å². The second-order valence-electron chi connectivity index (χ2n) is 6.53. The molecule has 9 heteroatoms. The standard InChI is InChI=1S/C20H23ClN2O5S/c21-18-5-1-3-16(13-18)15-28-19-6-2-4-17(14-19)20(24)22-7-12-29(25,26)23-8-10-27-11-9-23/h1-6,13-14H,7-12,15H2,(H,22,24). The van der Waals surface area contributed by atoms with E-state index >= 15 is 0 Å². The molecule has 1 aliphatic heterocycles. The average molecular weight is 439 g/mol. The van der Waals surface area contributed by atoms with Crippen LogP contribution in [-0.2, 0) is 21.4 Å². The smallest absolute Gasteiger partial charge is 0.251 e. The maximum Gasteiger partial charge on any atom is 0.251 e. The molecule has 0 aliphatic carbocycles. The maximum atomic E-state index is 12.4. The fourth-order valence-electron chi connectivity index (χ4n) is 2.87. The van der Waals surface area contributed by atoms with Crippen molar-refractivity contribution in [1.82, 2.24) is 9.62 Å². The molecule has 0 spiro atoms. The molecule has 156 valence electrons. The number of hydrogen-bond donors (Lipinski definition) is 1. The van der Waals surface area contributed by atoms with E-state index in [-0.39, 0.29) is 18.2 Å². The summed E-state index contributed by atoms with van der Waals surface area (Å²) in [7, 11) is -3.41. The third kappa shape index (κ3) is 6.43. The number of ether oxygens (including phenoxy) is 2. The summed E-state index contributed by atoms with van der Waals surface area (Å²) < 4.78 is 36.9. The molecule has 1 saturated heterocycles.